The third-order valence-corrected chi connectivity index (χ3v) is 6.56. The van der Waals surface area contributed by atoms with Crippen LogP contribution < -0.4 is 4.72 Å². The minimum Gasteiger partial charge on any atom is -0.481 e. The molecule has 0 aliphatic heterocycles. The number of nitrogens with zero attached hydrogens (tertiary/aromatic N) is 2. The van der Waals surface area contributed by atoms with Crippen molar-refractivity contribution in [2.24, 2.45) is 0 Å². The second kappa shape index (κ2) is 7.69. The molecule has 9 heteroatoms. The van der Waals surface area contributed by atoms with Gasteiger partial charge in [-0.3, -0.25) is 13.9 Å². The third-order valence-electron chi connectivity index (χ3n) is 4.39. The Balaban J connectivity index is 1.47. The van der Waals surface area contributed by atoms with Crippen LogP contribution in [0.25, 0.3) is 16.2 Å². The lowest BCUT2D eigenvalue weighted by atomic mass is 10.1. The fraction of sp³-hybridized carbons (Fsp3) is 0.100. The van der Waals surface area contributed by atoms with Gasteiger partial charge in [-0.1, -0.05) is 24.3 Å². The number of fused-ring (bicyclic) bond motifs is 1. The standard InChI is InChI=1S/C20H17N3O4S2/c24-19(25)10-3-14-1-8-17(9-2-14)29(26,27)22-16-6-4-15(5-7-16)18-13-23-11-12-28-20(23)21-18/h1-2,4-9,11-13,22H,3,10H2,(H,24,25). The average Bonchev–Trinajstić information content (AvgIpc) is 3.29. The second-order valence-electron chi connectivity index (χ2n) is 6.44. The van der Waals surface area contributed by atoms with E-state index in [0.717, 1.165) is 21.8 Å². The minimum atomic E-state index is -3.73. The summed E-state index contributed by atoms with van der Waals surface area (Å²) in [6.45, 7) is 0. The Hall–Kier alpha value is -3.17. The van der Waals surface area contributed by atoms with Crippen LogP contribution in [0.1, 0.15) is 12.0 Å². The van der Waals surface area contributed by atoms with E-state index in [1.807, 2.05) is 34.3 Å². The predicted octanol–water partition coefficient (Wildman–Crippen LogP) is 3.88. The van der Waals surface area contributed by atoms with Gasteiger partial charge in [-0.05, 0) is 36.2 Å². The van der Waals surface area contributed by atoms with Crippen molar-refractivity contribution in [1.29, 1.82) is 0 Å². The summed E-state index contributed by atoms with van der Waals surface area (Å²) in [6, 6.07) is 13.2. The van der Waals surface area contributed by atoms with E-state index in [1.165, 1.54) is 12.1 Å². The summed E-state index contributed by atoms with van der Waals surface area (Å²) in [5.74, 6) is -0.887. The van der Waals surface area contributed by atoms with Gasteiger partial charge in [-0.2, -0.15) is 0 Å². The number of rotatable bonds is 7. The molecule has 0 atom stereocenters. The molecular weight excluding hydrogens is 410 g/mol. The number of carboxylic acids is 1. The quantitative estimate of drug-likeness (QED) is 0.466. The number of nitrogens with one attached hydrogen (secondary N) is 1. The van der Waals surface area contributed by atoms with Gasteiger partial charge in [0.05, 0.1) is 10.6 Å². The van der Waals surface area contributed by atoms with Gasteiger partial charge in [0, 0.05) is 35.4 Å². The van der Waals surface area contributed by atoms with Gasteiger partial charge in [0.25, 0.3) is 10.0 Å². The fourth-order valence-electron chi connectivity index (χ4n) is 2.88. The second-order valence-corrected chi connectivity index (χ2v) is 8.99. The molecule has 0 unspecified atom stereocenters. The molecule has 0 aliphatic rings. The highest BCUT2D eigenvalue weighted by Gasteiger charge is 2.14. The Kier molecular flexibility index (Phi) is 5.08. The van der Waals surface area contributed by atoms with Crippen LogP contribution >= 0.6 is 11.3 Å². The molecule has 2 aromatic carbocycles. The molecule has 0 radical (unpaired) electrons. The van der Waals surface area contributed by atoms with E-state index in [-0.39, 0.29) is 11.3 Å². The lowest BCUT2D eigenvalue weighted by Crippen LogP contribution is -2.13. The summed E-state index contributed by atoms with van der Waals surface area (Å²) >= 11 is 1.55. The van der Waals surface area contributed by atoms with Crippen LogP contribution in [0.2, 0.25) is 0 Å². The van der Waals surface area contributed by atoms with Crippen molar-refractivity contribution in [3.8, 4) is 11.3 Å². The number of sulfonamides is 1. The number of carboxylic acid groups (broad SMARTS) is 1. The summed E-state index contributed by atoms with van der Waals surface area (Å²) < 4.78 is 29.7. The van der Waals surface area contributed by atoms with Gasteiger partial charge in [-0.25, -0.2) is 13.4 Å². The maximum absolute atomic E-state index is 12.6. The molecule has 0 bridgehead atoms. The highest BCUT2D eigenvalue weighted by molar-refractivity contribution is 7.92. The molecule has 7 nitrogen and oxygen atoms in total. The maximum Gasteiger partial charge on any atom is 0.303 e. The Labute approximate surface area is 171 Å². The van der Waals surface area contributed by atoms with Gasteiger partial charge < -0.3 is 5.11 Å². The first-order valence-electron chi connectivity index (χ1n) is 8.77. The largest absolute Gasteiger partial charge is 0.481 e. The van der Waals surface area contributed by atoms with E-state index in [9.17, 15) is 13.2 Å². The van der Waals surface area contributed by atoms with Crippen LogP contribution in [0, 0.1) is 0 Å². The maximum atomic E-state index is 12.6. The average molecular weight is 428 g/mol. The summed E-state index contributed by atoms with van der Waals surface area (Å²) in [4.78, 5) is 16.2. The highest BCUT2D eigenvalue weighted by atomic mass is 32.2. The first-order valence-corrected chi connectivity index (χ1v) is 11.1. The van der Waals surface area contributed by atoms with Crippen molar-refractivity contribution in [3.05, 3.63) is 71.9 Å². The smallest absolute Gasteiger partial charge is 0.303 e. The van der Waals surface area contributed by atoms with Crippen LogP contribution in [0.5, 0.6) is 0 Å². The van der Waals surface area contributed by atoms with Crippen molar-refractivity contribution in [2.45, 2.75) is 17.7 Å². The molecular formula is C20H17N3O4S2. The Morgan fingerprint density at radius 1 is 1.10 bits per heavy atom. The number of aryl methyl sites for hydroxylation is 1. The summed E-state index contributed by atoms with van der Waals surface area (Å²) in [7, 11) is -3.73. The number of carbonyl (C=O) groups is 1. The van der Waals surface area contributed by atoms with Crippen molar-refractivity contribution in [1.82, 2.24) is 9.38 Å². The molecule has 0 fully saturated rings. The molecule has 4 rings (SSSR count). The molecule has 2 heterocycles. The molecule has 0 aliphatic carbocycles. The molecule has 29 heavy (non-hydrogen) atoms. The van der Waals surface area contributed by atoms with E-state index in [0.29, 0.717) is 12.1 Å². The van der Waals surface area contributed by atoms with E-state index in [1.54, 1.807) is 35.6 Å². The topological polar surface area (TPSA) is 101 Å². The number of hydrogen-bond acceptors (Lipinski definition) is 5. The van der Waals surface area contributed by atoms with Gasteiger partial charge in [0.1, 0.15) is 0 Å². The number of anilines is 1. The van der Waals surface area contributed by atoms with Gasteiger partial charge in [-0.15, -0.1) is 11.3 Å². The first kappa shape index (κ1) is 19.2. The number of aromatic nitrogens is 2. The number of thiazole rings is 1. The zero-order chi connectivity index (χ0) is 20.4. The molecule has 148 valence electrons. The predicted molar refractivity (Wildman–Crippen MR) is 112 cm³/mol. The summed E-state index contributed by atoms with van der Waals surface area (Å²) in [5.41, 5.74) is 2.94. The van der Waals surface area contributed by atoms with Crippen molar-refractivity contribution >= 4 is 38.0 Å². The number of imidazole rings is 1. The zero-order valence-electron chi connectivity index (χ0n) is 15.1. The van der Waals surface area contributed by atoms with E-state index < -0.39 is 16.0 Å². The van der Waals surface area contributed by atoms with Crippen LogP contribution in [-0.2, 0) is 21.2 Å². The van der Waals surface area contributed by atoms with Crippen molar-refractivity contribution < 1.29 is 18.3 Å². The van der Waals surface area contributed by atoms with Crippen molar-refractivity contribution in [3.63, 3.8) is 0 Å². The normalized spacial score (nSPS) is 11.6. The summed E-state index contributed by atoms with van der Waals surface area (Å²) in [5, 5.41) is 10.7. The molecule has 4 aromatic rings. The molecule has 2 N–H and O–H groups in total. The van der Waals surface area contributed by atoms with Crippen LogP contribution in [0.3, 0.4) is 0 Å². The third kappa shape index (κ3) is 4.30. The van der Waals surface area contributed by atoms with E-state index in [4.69, 9.17) is 5.11 Å². The van der Waals surface area contributed by atoms with Crippen LogP contribution in [0.4, 0.5) is 5.69 Å². The molecule has 0 amide bonds. The number of benzene rings is 2. The number of hydrogen-bond donors (Lipinski definition) is 2. The van der Waals surface area contributed by atoms with E-state index >= 15 is 0 Å². The molecule has 0 saturated carbocycles. The minimum absolute atomic E-state index is 0.00536. The highest BCUT2D eigenvalue weighted by Crippen LogP contribution is 2.24. The molecule has 2 aromatic heterocycles. The van der Waals surface area contributed by atoms with Gasteiger partial charge in [0.15, 0.2) is 4.96 Å². The summed E-state index contributed by atoms with van der Waals surface area (Å²) in [6.07, 6.45) is 4.23. The monoisotopic (exact) mass is 427 g/mol. The molecule has 0 saturated heterocycles. The van der Waals surface area contributed by atoms with Crippen LogP contribution in [-0.4, -0.2) is 28.9 Å². The first-order chi connectivity index (χ1) is 13.9. The lowest BCUT2D eigenvalue weighted by molar-refractivity contribution is -0.136. The van der Waals surface area contributed by atoms with E-state index in [2.05, 4.69) is 9.71 Å². The van der Waals surface area contributed by atoms with Gasteiger partial charge >= 0.3 is 5.97 Å². The Morgan fingerprint density at radius 3 is 2.48 bits per heavy atom. The SMILES string of the molecule is O=C(O)CCc1ccc(S(=O)(=O)Nc2ccc(-c3cn4ccsc4n3)cc2)cc1. The van der Waals surface area contributed by atoms with Gasteiger partial charge in [0.2, 0.25) is 0 Å². The zero-order valence-corrected chi connectivity index (χ0v) is 16.8. The number of aliphatic carboxylic acids is 1. The lowest BCUT2D eigenvalue weighted by Gasteiger charge is -2.09. The Morgan fingerprint density at radius 2 is 1.83 bits per heavy atom. The van der Waals surface area contributed by atoms with Crippen LogP contribution in [0.15, 0.2) is 71.2 Å². The molecule has 0 spiro atoms. The Bertz CT molecular complexity index is 1230. The van der Waals surface area contributed by atoms with Crippen molar-refractivity contribution in [2.75, 3.05) is 4.72 Å². The fourth-order valence-corrected chi connectivity index (χ4v) is 4.63.